The fourth-order valence-electron chi connectivity index (χ4n) is 1.30. The van der Waals surface area contributed by atoms with Crippen molar-refractivity contribution in [3.05, 3.63) is 23.2 Å². The molecule has 0 aromatic carbocycles. The lowest BCUT2D eigenvalue weighted by Crippen LogP contribution is -2.03. The van der Waals surface area contributed by atoms with Gasteiger partial charge in [0.25, 0.3) is 0 Å². The zero-order chi connectivity index (χ0) is 11.1. The van der Waals surface area contributed by atoms with Crippen LogP contribution in [0.5, 0.6) is 0 Å². The Hall–Kier alpha value is -0.840. The molecular weight excluding hydrogens is 194 g/mol. The highest BCUT2D eigenvalue weighted by molar-refractivity contribution is 5.19. The number of ether oxygens (including phenoxy) is 2. The Labute approximate surface area is 90.3 Å². The van der Waals surface area contributed by atoms with Crippen LogP contribution in [0.15, 0.2) is 10.5 Å². The fraction of sp³-hybridized carbons (Fsp3) is 0.636. The molecule has 1 heterocycles. The van der Waals surface area contributed by atoms with E-state index in [2.05, 4.69) is 0 Å². The van der Waals surface area contributed by atoms with Crippen molar-refractivity contribution >= 4 is 0 Å². The van der Waals surface area contributed by atoms with E-state index >= 15 is 0 Å². The molecule has 2 N–H and O–H groups in total. The van der Waals surface area contributed by atoms with E-state index < -0.39 is 0 Å². The zero-order valence-electron chi connectivity index (χ0n) is 9.41. The maximum absolute atomic E-state index is 5.54. The average Bonchev–Trinajstić information content (AvgIpc) is 2.59. The van der Waals surface area contributed by atoms with Gasteiger partial charge in [-0.25, -0.2) is 0 Å². The largest absolute Gasteiger partial charge is 0.464 e. The van der Waals surface area contributed by atoms with Gasteiger partial charge in [-0.3, -0.25) is 0 Å². The molecule has 0 bridgehead atoms. The van der Waals surface area contributed by atoms with E-state index in [-0.39, 0.29) is 0 Å². The van der Waals surface area contributed by atoms with Crippen LogP contribution in [0.2, 0.25) is 0 Å². The van der Waals surface area contributed by atoms with Gasteiger partial charge < -0.3 is 19.6 Å². The van der Waals surface area contributed by atoms with Gasteiger partial charge in [0.05, 0.1) is 13.2 Å². The molecule has 0 spiro atoms. The summed E-state index contributed by atoms with van der Waals surface area (Å²) in [5.74, 6) is 1.70. The molecular formula is C11H19NO3. The third kappa shape index (κ3) is 4.03. The molecule has 1 rings (SSSR count). The summed E-state index contributed by atoms with van der Waals surface area (Å²) in [6.07, 6.45) is 0. The lowest BCUT2D eigenvalue weighted by atomic mass is 10.2. The molecule has 0 atom stereocenters. The van der Waals surface area contributed by atoms with Gasteiger partial charge in [-0.1, -0.05) is 0 Å². The Morgan fingerprint density at radius 1 is 1.33 bits per heavy atom. The maximum Gasteiger partial charge on any atom is 0.130 e. The van der Waals surface area contributed by atoms with Crippen LogP contribution in [0.4, 0.5) is 0 Å². The van der Waals surface area contributed by atoms with Crippen molar-refractivity contribution in [2.45, 2.75) is 27.0 Å². The smallest absolute Gasteiger partial charge is 0.130 e. The van der Waals surface area contributed by atoms with Crippen LogP contribution < -0.4 is 5.73 Å². The van der Waals surface area contributed by atoms with Gasteiger partial charge in [0, 0.05) is 18.7 Å². The second-order valence-corrected chi connectivity index (χ2v) is 3.25. The molecule has 15 heavy (non-hydrogen) atoms. The molecule has 0 aliphatic heterocycles. The van der Waals surface area contributed by atoms with Gasteiger partial charge >= 0.3 is 0 Å². The lowest BCUT2D eigenvalue weighted by Gasteiger charge is -2.01. The maximum atomic E-state index is 5.54. The van der Waals surface area contributed by atoms with E-state index in [0.29, 0.717) is 26.4 Å². The van der Waals surface area contributed by atoms with Gasteiger partial charge in [-0.15, -0.1) is 0 Å². The molecule has 0 aliphatic rings. The SMILES string of the molecule is CCOCCOCc1cc(CN)c(C)o1. The Balaban J connectivity index is 2.25. The number of aryl methyl sites for hydroxylation is 1. The molecule has 0 saturated heterocycles. The normalized spacial score (nSPS) is 10.9. The highest BCUT2D eigenvalue weighted by Gasteiger charge is 2.05. The highest BCUT2D eigenvalue weighted by Crippen LogP contribution is 2.14. The second-order valence-electron chi connectivity index (χ2n) is 3.25. The molecule has 4 heteroatoms. The number of rotatable bonds is 7. The van der Waals surface area contributed by atoms with E-state index in [4.69, 9.17) is 19.6 Å². The van der Waals surface area contributed by atoms with Gasteiger partial charge in [0.1, 0.15) is 18.1 Å². The molecule has 0 radical (unpaired) electrons. The Kier molecular flexibility index (Phi) is 5.39. The first-order chi connectivity index (χ1) is 7.27. The summed E-state index contributed by atoms with van der Waals surface area (Å²) in [7, 11) is 0. The first kappa shape index (κ1) is 12.2. The van der Waals surface area contributed by atoms with Gasteiger partial charge in [-0.2, -0.15) is 0 Å². The summed E-state index contributed by atoms with van der Waals surface area (Å²) < 4.78 is 16.0. The van der Waals surface area contributed by atoms with Crippen LogP contribution >= 0.6 is 0 Å². The quantitative estimate of drug-likeness (QED) is 0.699. The summed E-state index contributed by atoms with van der Waals surface area (Å²) in [6, 6.07) is 1.94. The molecule has 1 aromatic heterocycles. The van der Waals surface area contributed by atoms with Crippen LogP contribution in [0.1, 0.15) is 24.0 Å². The first-order valence-corrected chi connectivity index (χ1v) is 5.21. The van der Waals surface area contributed by atoms with E-state index in [1.807, 2.05) is 19.9 Å². The van der Waals surface area contributed by atoms with Crippen LogP contribution in [0.25, 0.3) is 0 Å². The van der Waals surface area contributed by atoms with E-state index in [1.165, 1.54) is 0 Å². The van der Waals surface area contributed by atoms with Crippen LogP contribution in [-0.4, -0.2) is 19.8 Å². The summed E-state index contributed by atoms with van der Waals surface area (Å²) in [5.41, 5.74) is 6.58. The van der Waals surface area contributed by atoms with E-state index in [0.717, 1.165) is 23.7 Å². The van der Waals surface area contributed by atoms with Gasteiger partial charge in [0.2, 0.25) is 0 Å². The minimum Gasteiger partial charge on any atom is -0.464 e. The van der Waals surface area contributed by atoms with Crippen molar-refractivity contribution < 1.29 is 13.9 Å². The van der Waals surface area contributed by atoms with Gasteiger partial charge in [0.15, 0.2) is 0 Å². The average molecular weight is 213 g/mol. The summed E-state index contributed by atoms with van der Waals surface area (Å²) in [5, 5.41) is 0. The minimum absolute atomic E-state index is 0.480. The molecule has 0 fully saturated rings. The Morgan fingerprint density at radius 2 is 2.07 bits per heavy atom. The zero-order valence-corrected chi connectivity index (χ0v) is 9.41. The Bertz CT molecular complexity index is 283. The molecule has 86 valence electrons. The number of hydrogen-bond acceptors (Lipinski definition) is 4. The van der Waals surface area contributed by atoms with Crippen LogP contribution in [0.3, 0.4) is 0 Å². The standard InChI is InChI=1S/C11H19NO3/c1-3-13-4-5-14-8-11-6-10(7-12)9(2)15-11/h6H,3-5,7-8,12H2,1-2H3. The summed E-state index contributed by atoms with van der Waals surface area (Å²) in [4.78, 5) is 0. The van der Waals surface area contributed by atoms with Crippen LogP contribution in [0, 0.1) is 6.92 Å². The topological polar surface area (TPSA) is 57.6 Å². The third-order valence-corrected chi connectivity index (χ3v) is 2.11. The molecule has 0 unspecified atom stereocenters. The highest BCUT2D eigenvalue weighted by atomic mass is 16.5. The van der Waals surface area contributed by atoms with Crippen molar-refractivity contribution in [1.29, 1.82) is 0 Å². The third-order valence-electron chi connectivity index (χ3n) is 2.11. The molecule has 4 nitrogen and oxygen atoms in total. The number of nitrogens with two attached hydrogens (primary N) is 1. The molecule has 0 aliphatic carbocycles. The fourth-order valence-corrected chi connectivity index (χ4v) is 1.30. The monoisotopic (exact) mass is 213 g/mol. The lowest BCUT2D eigenvalue weighted by molar-refractivity contribution is 0.0388. The van der Waals surface area contributed by atoms with E-state index in [9.17, 15) is 0 Å². The summed E-state index contributed by atoms with van der Waals surface area (Å²) in [6.45, 7) is 6.80. The van der Waals surface area contributed by atoms with Crippen molar-refractivity contribution in [2.24, 2.45) is 5.73 Å². The first-order valence-electron chi connectivity index (χ1n) is 5.21. The second kappa shape index (κ2) is 6.61. The van der Waals surface area contributed by atoms with Gasteiger partial charge in [-0.05, 0) is 19.9 Å². The van der Waals surface area contributed by atoms with Crippen molar-refractivity contribution in [2.75, 3.05) is 19.8 Å². The predicted molar refractivity (Wildman–Crippen MR) is 57.5 cm³/mol. The van der Waals surface area contributed by atoms with Crippen LogP contribution in [-0.2, 0) is 22.6 Å². The number of furan rings is 1. The van der Waals surface area contributed by atoms with Crippen molar-refractivity contribution in [3.63, 3.8) is 0 Å². The minimum atomic E-state index is 0.480. The molecule has 1 aromatic rings. The van der Waals surface area contributed by atoms with Crippen molar-refractivity contribution in [1.82, 2.24) is 0 Å². The summed E-state index contributed by atoms with van der Waals surface area (Å²) >= 11 is 0. The molecule has 0 saturated carbocycles. The Morgan fingerprint density at radius 3 is 2.67 bits per heavy atom. The van der Waals surface area contributed by atoms with Crippen molar-refractivity contribution in [3.8, 4) is 0 Å². The predicted octanol–water partition coefficient (Wildman–Crippen LogP) is 1.60. The molecule has 0 amide bonds. The number of hydrogen-bond donors (Lipinski definition) is 1. The van der Waals surface area contributed by atoms with E-state index in [1.54, 1.807) is 0 Å².